The van der Waals surface area contributed by atoms with Gasteiger partial charge in [0, 0.05) is 6.54 Å². The van der Waals surface area contributed by atoms with Gasteiger partial charge in [-0.3, -0.25) is 9.59 Å². The highest BCUT2D eigenvalue weighted by atomic mass is 16.7. The SMILES string of the molecule is CCN1C[C@@]23C=C[C@@H](O2)[C@@H](C(=O)NC2(c4ccc5c(c4)OCO5)CCCC2)[C@@H]3C1=O. The van der Waals surface area contributed by atoms with E-state index in [1.165, 1.54) is 0 Å². The van der Waals surface area contributed by atoms with E-state index in [-0.39, 0.29) is 24.7 Å². The van der Waals surface area contributed by atoms with Gasteiger partial charge < -0.3 is 24.4 Å². The molecule has 4 aliphatic heterocycles. The molecule has 1 N–H and O–H groups in total. The molecule has 1 aliphatic carbocycles. The average molecular weight is 410 g/mol. The van der Waals surface area contributed by atoms with Crippen molar-refractivity contribution in [3.8, 4) is 11.5 Å². The number of likely N-dealkylation sites (tertiary alicyclic amines) is 1. The number of likely N-dealkylation sites (N-methyl/N-ethyl adjacent to an activating group) is 1. The first-order valence-corrected chi connectivity index (χ1v) is 10.9. The van der Waals surface area contributed by atoms with Crippen molar-refractivity contribution in [3.63, 3.8) is 0 Å². The molecule has 2 amide bonds. The second-order valence-electron chi connectivity index (χ2n) is 9.10. The minimum Gasteiger partial charge on any atom is -0.454 e. The molecule has 158 valence electrons. The fraction of sp³-hybridized carbons (Fsp3) is 0.565. The number of amides is 2. The predicted octanol–water partition coefficient (Wildman–Crippen LogP) is 2.10. The van der Waals surface area contributed by atoms with E-state index in [1.54, 1.807) is 4.90 Å². The van der Waals surface area contributed by atoms with Gasteiger partial charge in [-0.1, -0.05) is 31.1 Å². The lowest BCUT2D eigenvalue weighted by Gasteiger charge is -2.34. The van der Waals surface area contributed by atoms with E-state index >= 15 is 0 Å². The second-order valence-corrected chi connectivity index (χ2v) is 9.10. The highest BCUT2D eigenvalue weighted by Crippen LogP contribution is 2.52. The Morgan fingerprint density at radius 1 is 1.23 bits per heavy atom. The topological polar surface area (TPSA) is 77.1 Å². The largest absolute Gasteiger partial charge is 0.454 e. The van der Waals surface area contributed by atoms with Gasteiger partial charge in [0.05, 0.1) is 30.0 Å². The zero-order chi connectivity index (χ0) is 20.5. The van der Waals surface area contributed by atoms with Crippen LogP contribution in [-0.4, -0.2) is 48.3 Å². The van der Waals surface area contributed by atoms with Crippen LogP contribution in [0.3, 0.4) is 0 Å². The summed E-state index contributed by atoms with van der Waals surface area (Å²) in [5, 5.41) is 3.37. The Morgan fingerprint density at radius 3 is 2.83 bits per heavy atom. The Morgan fingerprint density at radius 2 is 2.03 bits per heavy atom. The molecule has 1 aromatic carbocycles. The normalized spacial score (nSPS) is 34.6. The molecule has 7 heteroatoms. The van der Waals surface area contributed by atoms with E-state index in [2.05, 4.69) is 5.32 Å². The smallest absolute Gasteiger partial charge is 0.231 e. The molecule has 0 radical (unpaired) electrons. The molecule has 1 aromatic rings. The molecule has 2 bridgehead atoms. The van der Waals surface area contributed by atoms with E-state index in [1.807, 2.05) is 37.3 Å². The van der Waals surface area contributed by atoms with Crippen LogP contribution in [0.2, 0.25) is 0 Å². The fourth-order valence-electron chi connectivity index (χ4n) is 6.12. The Hall–Kier alpha value is -2.54. The zero-order valence-corrected chi connectivity index (χ0v) is 17.1. The summed E-state index contributed by atoms with van der Waals surface area (Å²) in [6.45, 7) is 3.37. The Balaban J connectivity index is 1.31. The lowest BCUT2D eigenvalue weighted by molar-refractivity contribution is -0.138. The first-order valence-electron chi connectivity index (χ1n) is 10.9. The maximum Gasteiger partial charge on any atom is 0.231 e. The molecule has 7 nitrogen and oxygen atoms in total. The number of hydrogen-bond donors (Lipinski definition) is 1. The summed E-state index contributed by atoms with van der Waals surface area (Å²) < 4.78 is 17.2. The number of nitrogens with one attached hydrogen (secondary N) is 1. The van der Waals surface area contributed by atoms with Gasteiger partial charge in [0.1, 0.15) is 5.60 Å². The second kappa shape index (κ2) is 6.23. The minimum absolute atomic E-state index is 0.0352. The average Bonchev–Trinajstić information content (AvgIpc) is 3.55. The monoisotopic (exact) mass is 410 g/mol. The summed E-state index contributed by atoms with van der Waals surface area (Å²) in [4.78, 5) is 28.5. The van der Waals surface area contributed by atoms with E-state index in [4.69, 9.17) is 14.2 Å². The maximum atomic E-state index is 13.6. The number of hydrogen-bond acceptors (Lipinski definition) is 5. The van der Waals surface area contributed by atoms with E-state index < -0.39 is 23.0 Å². The van der Waals surface area contributed by atoms with E-state index in [0.29, 0.717) is 13.1 Å². The van der Waals surface area contributed by atoms with Crippen molar-refractivity contribution in [3.05, 3.63) is 35.9 Å². The molecule has 3 fully saturated rings. The summed E-state index contributed by atoms with van der Waals surface area (Å²) in [5.74, 6) is 0.508. The number of benzene rings is 1. The molecule has 1 spiro atoms. The molecule has 1 saturated carbocycles. The summed E-state index contributed by atoms with van der Waals surface area (Å²) in [5.41, 5.74) is -0.0376. The van der Waals surface area contributed by atoms with Gasteiger partial charge in [-0.25, -0.2) is 0 Å². The van der Waals surface area contributed by atoms with E-state index in [9.17, 15) is 9.59 Å². The van der Waals surface area contributed by atoms with Crippen LogP contribution in [0.4, 0.5) is 0 Å². The fourth-order valence-corrected chi connectivity index (χ4v) is 6.12. The van der Waals surface area contributed by atoms with Crippen molar-refractivity contribution in [2.45, 2.75) is 49.9 Å². The standard InChI is InChI=1S/C23H26N2O5/c1-2-25-12-23-10-7-16(30-23)18(19(23)21(25)27)20(26)24-22(8-3-4-9-22)14-5-6-15-17(11-14)29-13-28-15/h5-7,10-11,16,18-19H,2-4,8-9,12-13H2,1H3,(H,24,26)/t16-,18-,19-,23-/m1/s1. The van der Waals surface area contributed by atoms with Crippen LogP contribution >= 0.6 is 0 Å². The first kappa shape index (κ1) is 18.2. The van der Waals surface area contributed by atoms with Crippen molar-refractivity contribution in [1.29, 1.82) is 0 Å². The quantitative estimate of drug-likeness (QED) is 0.770. The number of fused-ring (bicyclic) bond motifs is 2. The third-order valence-electron chi connectivity index (χ3n) is 7.61. The van der Waals surface area contributed by atoms with Gasteiger partial charge in [0.2, 0.25) is 18.6 Å². The molecular formula is C23H26N2O5. The Bertz CT molecular complexity index is 953. The lowest BCUT2D eigenvalue weighted by atomic mass is 9.76. The molecule has 2 saturated heterocycles. The van der Waals surface area contributed by atoms with Crippen molar-refractivity contribution >= 4 is 11.8 Å². The summed E-state index contributed by atoms with van der Waals surface area (Å²) in [7, 11) is 0. The zero-order valence-electron chi connectivity index (χ0n) is 17.1. The van der Waals surface area contributed by atoms with Crippen LogP contribution in [-0.2, 0) is 19.9 Å². The summed E-state index contributed by atoms with van der Waals surface area (Å²) in [6, 6.07) is 5.94. The highest BCUT2D eigenvalue weighted by molar-refractivity contribution is 5.93. The predicted molar refractivity (Wildman–Crippen MR) is 107 cm³/mol. The molecule has 0 aromatic heterocycles. The number of carbonyl (C=O) groups excluding carboxylic acids is 2. The van der Waals surface area contributed by atoms with Gasteiger partial charge in [-0.2, -0.15) is 0 Å². The maximum absolute atomic E-state index is 13.6. The van der Waals surface area contributed by atoms with Crippen LogP contribution in [0.1, 0.15) is 38.2 Å². The number of nitrogens with zero attached hydrogens (tertiary/aromatic N) is 1. The molecule has 0 unspecified atom stereocenters. The minimum atomic E-state index is -0.638. The van der Waals surface area contributed by atoms with Gasteiger partial charge in [0.25, 0.3) is 0 Å². The van der Waals surface area contributed by atoms with Crippen LogP contribution in [0.15, 0.2) is 30.4 Å². The Labute approximate surface area is 175 Å². The molecule has 4 heterocycles. The molecule has 30 heavy (non-hydrogen) atoms. The van der Waals surface area contributed by atoms with Crippen molar-refractivity contribution in [2.75, 3.05) is 19.9 Å². The van der Waals surface area contributed by atoms with Crippen LogP contribution in [0.5, 0.6) is 11.5 Å². The molecular weight excluding hydrogens is 384 g/mol. The summed E-state index contributed by atoms with van der Waals surface area (Å²) >= 11 is 0. The number of rotatable bonds is 4. The molecule has 4 atom stereocenters. The van der Waals surface area contributed by atoms with Crippen LogP contribution < -0.4 is 14.8 Å². The van der Waals surface area contributed by atoms with Gasteiger partial charge >= 0.3 is 0 Å². The molecule has 6 rings (SSSR count). The van der Waals surface area contributed by atoms with E-state index in [0.717, 1.165) is 42.7 Å². The third-order valence-corrected chi connectivity index (χ3v) is 7.61. The Kier molecular flexibility index (Phi) is 3.79. The number of ether oxygens (including phenoxy) is 3. The van der Waals surface area contributed by atoms with Crippen LogP contribution in [0.25, 0.3) is 0 Å². The van der Waals surface area contributed by atoms with Gasteiger partial charge in [-0.15, -0.1) is 0 Å². The van der Waals surface area contributed by atoms with Crippen LogP contribution in [0, 0.1) is 11.8 Å². The van der Waals surface area contributed by atoms with Crippen molar-refractivity contribution in [2.24, 2.45) is 11.8 Å². The molecule has 5 aliphatic rings. The lowest BCUT2D eigenvalue weighted by Crippen LogP contribution is -2.51. The van der Waals surface area contributed by atoms with Gasteiger partial charge in [0.15, 0.2) is 11.5 Å². The van der Waals surface area contributed by atoms with Crippen molar-refractivity contribution in [1.82, 2.24) is 10.2 Å². The summed E-state index contributed by atoms with van der Waals surface area (Å²) in [6.07, 6.45) is 7.49. The van der Waals surface area contributed by atoms with Gasteiger partial charge in [-0.05, 0) is 37.5 Å². The first-order chi connectivity index (χ1) is 14.6. The third kappa shape index (κ3) is 2.35. The van der Waals surface area contributed by atoms with Crippen molar-refractivity contribution < 1.29 is 23.8 Å². The number of carbonyl (C=O) groups is 2. The highest BCUT2D eigenvalue weighted by Gasteiger charge is 2.66.